The van der Waals surface area contributed by atoms with Gasteiger partial charge in [-0.3, -0.25) is 14.5 Å². The van der Waals surface area contributed by atoms with Crippen LogP contribution in [0.4, 0.5) is 10.5 Å². The minimum absolute atomic E-state index is 0.356. The van der Waals surface area contributed by atoms with Gasteiger partial charge in [0.25, 0.3) is 5.91 Å². The molecule has 8 heteroatoms. The van der Waals surface area contributed by atoms with Gasteiger partial charge in [-0.25, -0.2) is 4.79 Å². The Morgan fingerprint density at radius 3 is 2.36 bits per heavy atom. The number of hydrogen-bond donors (Lipinski definition) is 2. The Kier molecular flexibility index (Phi) is 5.51. The Bertz CT molecular complexity index is 687. The summed E-state index contributed by atoms with van der Waals surface area (Å²) in [4.78, 5) is 37.0. The van der Waals surface area contributed by atoms with Gasteiger partial charge in [0.2, 0.25) is 5.91 Å². The number of carbonyl (C=O) groups excluding carboxylic acids is 3. The first-order valence-electron chi connectivity index (χ1n) is 8.12. The standard InChI is InChI=1S/C17H23N3O5/c1-5-24-12-8-7-11(9-13(12)25-6-2)18-14(21)10-20-15(22)17(3,4)19-16(20)23/h7-9H,5-6,10H2,1-4H3,(H,18,21)(H,19,23). The first-order valence-corrected chi connectivity index (χ1v) is 8.12. The van der Waals surface area contributed by atoms with Gasteiger partial charge in [0.1, 0.15) is 12.1 Å². The Labute approximate surface area is 146 Å². The molecule has 1 aromatic carbocycles. The summed E-state index contributed by atoms with van der Waals surface area (Å²) in [6.45, 7) is 7.48. The first kappa shape index (κ1) is 18.6. The number of imide groups is 1. The van der Waals surface area contributed by atoms with Crippen LogP contribution in [0.15, 0.2) is 18.2 Å². The first-order chi connectivity index (χ1) is 11.8. The van der Waals surface area contributed by atoms with Crippen molar-refractivity contribution in [2.45, 2.75) is 33.2 Å². The summed E-state index contributed by atoms with van der Waals surface area (Å²) in [5.74, 6) is 0.179. The molecule has 1 saturated heterocycles. The molecule has 8 nitrogen and oxygen atoms in total. The van der Waals surface area contributed by atoms with Gasteiger partial charge in [0.15, 0.2) is 11.5 Å². The summed E-state index contributed by atoms with van der Waals surface area (Å²) < 4.78 is 11.0. The van der Waals surface area contributed by atoms with Gasteiger partial charge in [0.05, 0.1) is 13.2 Å². The second kappa shape index (κ2) is 7.42. The van der Waals surface area contributed by atoms with Crippen molar-refractivity contribution in [1.82, 2.24) is 10.2 Å². The predicted molar refractivity (Wildman–Crippen MR) is 91.7 cm³/mol. The predicted octanol–water partition coefficient (Wildman–Crippen LogP) is 1.75. The number of nitrogens with zero attached hydrogens (tertiary/aromatic N) is 1. The summed E-state index contributed by atoms with van der Waals surface area (Å²) >= 11 is 0. The zero-order valence-electron chi connectivity index (χ0n) is 14.8. The lowest BCUT2D eigenvalue weighted by Crippen LogP contribution is -2.41. The van der Waals surface area contributed by atoms with E-state index in [2.05, 4.69) is 10.6 Å². The number of ether oxygens (including phenoxy) is 2. The molecule has 4 amide bonds. The smallest absolute Gasteiger partial charge is 0.325 e. The molecule has 0 spiro atoms. The van der Waals surface area contributed by atoms with Crippen LogP contribution in [0.25, 0.3) is 0 Å². The summed E-state index contributed by atoms with van der Waals surface area (Å²) in [5.41, 5.74) is -0.512. The Morgan fingerprint density at radius 1 is 1.16 bits per heavy atom. The molecule has 0 unspecified atom stereocenters. The third kappa shape index (κ3) is 4.20. The molecule has 2 rings (SSSR count). The third-order valence-electron chi connectivity index (χ3n) is 3.57. The monoisotopic (exact) mass is 349 g/mol. The molecule has 0 atom stereocenters. The molecular formula is C17H23N3O5. The van der Waals surface area contributed by atoms with Gasteiger partial charge < -0.3 is 20.1 Å². The normalized spacial score (nSPS) is 15.8. The van der Waals surface area contributed by atoms with E-state index in [4.69, 9.17) is 9.47 Å². The zero-order valence-corrected chi connectivity index (χ0v) is 14.8. The van der Waals surface area contributed by atoms with Crippen molar-refractivity contribution >= 4 is 23.5 Å². The highest BCUT2D eigenvalue weighted by Crippen LogP contribution is 2.30. The summed E-state index contributed by atoms with van der Waals surface area (Å²) in [6, 6.07) is 4.43. The average Bonchev–Trinajstić information content (AvgIpc) is 2.72. The fourth-order valence-electron chi connectivity index (χ4n) is 2.43. The van der Waals surface area contributed by atoms with E-state index in [-0.39, 0.29) is 6.54 Å². The van der Waals surface area contributed by atoms with E-state index in [0.717, 1.165) is 4.90 Å². The van der Waals surface area contributed by atoms with Crippen LogP contribution in [-0.2, 0) is 9.59 Å². The highest BCUT2D eigenvalue weighted by molar-refractivity contribution is 6.09. The fourth-order valence-corrected chi connectivity index (χ4v) is 2.43. The second-order valence-corrected chi connectivity index (χ2v) is 6.02. The number of hydrogen-bond acceptors (Lipinski definition) is 5. The van der Waals surface area contributed by atoms with Crippen LogP contribution >= 0.6 is 0 Å². The van der Waals surface area contributed by atoms with E-state index < -0.39 is 23.4 Å². The Balaban J connectivity index is 2.06. The van der Waals surface area contributed by atoms with Crippen molar-refractivity contribution < 1.29 is 23.9 Å². The lowest BCUT2D eigenvalue weighted by Gasteiger charge is -2.16. The Hall–Kier alpha value is -2.77. The van der Waals surface area contributed by atoms with Crippen LogP contribution in [0.5, 0.6) is 11.5 Å². The molecule has 0 aromatic heterocycles. The molecule has 2 N–H and O–H groups in total. The maximum atomic E-state index is 12.2. The van der Waals surface area contributed by atoms with Crippen LogP contribution < -0.4 is 20.1 Å². The van der Waals surface area contributed by atoms with Gasteiger partial charge in [-0.15, -0.1) is 0 Å². The molecule has 1 aromatic rings. The molecule has 0 bridgehead atoms. The van der Waals surface area contributed by atoms with Gasteiger partial charge in [-0.1, -0.05) is 0 Å². The number of rotatable bonds is 7. The fraction of sp³-hybridized carbons (Fsp3) is 0.471. The van der Waals surface area contributed by atoms with Crippen LogP contribution in [0.1, 0.15) is 27.7 Å². The molecule has 1 fully saturated rings. The summed E-state index contributed by atoms with van der Waals surface area (Å²) in [7, 11) is 0. The SMILES string of the molecule is CCOc1ccc(NC(=O)CN2C(=O)NC(C)(C)C2=O)cc1OCC. The van der Waals surface area contributed by atoms with Crippen molar-refractivity contribution in [3.8, 4) is 11.5 Å². The van der Waals surface area contributed by atoms with E-state index in [1.807, 2.05) is 13.8 Å². The van der Waals surface area contributed by atoms with E-state index >= 15 is 0 Å². The van der Waals surface area contributed by atoms with Gasteiger partial charge in [-0.05, 0) is 39.8 Å². The summed E-state index contributed by atoms with van der Waals surface area (Å²) in [5, 5.41) is 5.19. The van der Waals surface area contributed by atoms with Crippen molar-refractivity contribution in [3.63, 3.8) is 0 Å². The minimum Gasteiger partial charge on any atom is -0.490 e. The van der Waals surface area contributed by atoms with Crippen molar-refractivity contribution in [2.75, 3.05) is 25.1 Å². The molecular weight excluding hydrogens is 326 g/mol. The van der Waals surface area contributed by atoms with Gasteiger partial charge in [0, 0.05) is 11.8 Å². The quantitative estimate of drug-likeness (QED) is 0.731. The maximum Gasteiger partial charge on any atom is 0.325 e. The minimum atomic E-state index is -1.00. The molecule has 1 heterocycles. The van der Waals surface area contributed by atoms with E-state index in [1.165, 1.54) is 0 Å². The number of amides is 4. The van der Waals surface area contributed by atoms with Crippen molar-refractivity contribution in [3.05, 3.63) is 18.2 Å². The Morgan fingerprint density at radius 2 is 1.80 bits per heavy atom. The number of urea groups is 1. The molecule has 25 heavy (non-hydrogen) atoms. The number of nitrogens with one attached hydrogen (secondary N) is 2. The number of anilines is 1. The largest absolute Gasteiger partial charge is 0.490 e. The highest BCUT2D eigenvalue weighted by atomic mass is 16.5. The second-order valence-electron chi connectivity index (χ2n) is 6.02. The lowest BCUT2D eigenvalue weighted by atomic mass is 10.1. The summed E-state index contributed by atoms with van der Waals surface area (Å²) in [6.07, 6.45) is 0. The number of carbonyl (C=O) groups is 3. The maximum absolute atomic E-state index is 12.2. The van der Waals surface area contributed by atoms with Gasteiger partial charge in [-0.2, -0.15) is 0 Å². The van der Waals surface area contributed by atoms with Crippen molar-refractivity contribution in [1.29, 1.82) is 0 Å². The van der Waals surface area contributed by atoms with Crippen LogP contribution in [0.3, 0.4) is 0 Å². The van der Waals surface area contributed by atoms with E-state index in [9.17, 15) is 14.4 Å². The molecule has 0 saturated carbocycles. The van der Waals surface area contributed by atoms with Crippen molar-refractivity contribution in [2.24, 2.45) is 0 Å². The van der Waals surface area contributed by atoms with Crippen LogP contribution in [-0.4, -0.2) is 48.0 Å². The molecule has 1 aliphatic rings. The average molecular weight is 349 g/mol. The lowest BCUT2D eigenvalue weighted by molar-refractivity contribution is -0.132. The van der Waals surface area contributed by atoms with E-state index in [1.54, 1.807) is 32.0 Å². The van der Waals surface area contributed by atoms with Crippen LogP contribution in [0, 0.1) is 0 Å². The molecule has 1 aliphatic heterocycles. The topological polar surface area (TPSA) is 97.0 Å². The van der Waals surface area contributed by atoms with Crippen LogP contribution in [0.2, 0.25) is 0 Å². The van der Waals surface area contributed by atoms with E-state index in [0.29, 0.717) is 30.4 Å². The zero-order chi connectivity index (χ0) is 18.6. The molecule has 136 valence electrons. The molecule has 0 aliphatic carbocycles. The number of benzene rings is 1. The van der Waals surface area contributed by atoms with Gasteiger partial charge >= 0.3 is 6.03 Å². The highest BCUT2D eigenvalue weighted by Gasteiger charge is 2.44. The molecule has 0 radical (unpaired) electrons. The third-order valence-corrected chi connectivity index (χ3v) is 3.57.